The van der Waals surface area contributed by atoms with Gasteiger partial charge in [0.25, 0.3) is 0 Å². The van der Waals surface area contributed by atoms with Gasteiger partial charge in [0.15, 0.2) is 16.7 Å². The highest BCUT2D eigenvalue weighted by Gasteiger charge is 2.14. The predicted molar refractivity (Wildman–Crippen MR) is 61.8 cm³/mol. The molecule has 0 saturated carbocycles. The average Bonchev–Trinajstić information content (AvgIpc) is 2.82. The van der Waals surface area contributed by atoms with Crippen LogP contribution in [0.4, 0.5) is 0 Å². The highest BCUT2D eigenvalue weighted by atomic mass is 32.2. The van der Waals surface area contributed by atoms with Crippen LogP contribution in [0.25, 0.3) is 11.6 Å². The average molecular weight is 253 g/mol. The van der Waals surface area contributed by atoms with Gasteiger partial charge >= 0.3 is 5.97 Å². The highest BCUT2D eigenvalue weighted by Crippen LogP contribution is 2.23. The molecule has 0 radical (unpaired) electrons. The molecule has 0 saturated heterocycles. The first-order chi connectivity index (χ1) is 8.08. The van der Waals surface area contributed by atoms with E-state index in [0.717, 1.165) is 17.5 Å². The van der Waals surface area contributed by atoms with E-state index in [-0.39, 0.29) is 5.75 Å². The van der Waals surface area contributed by atoms with E-state index in [1.807, 2.05) is 19.1 Å². The summed E-state index contributed by atoms with van der Waals surface area (Å²) in [5.74, 6) is 1.09. The molecule has 0 amide bonds. The Morgan fingerprint density at radius 2 is 2.29 bits per heavy atom. The Hall–Kier alpha value is -1.76. The van der Waals surface area contributed by atoms with Crippen LogP contribution in [0.1, 0.15) is 5.76 Å². The number of hydrogen-bond acceptors (Lipinski definition) is 5. The second-order valence-corrected chi connectivity index (χ2v) is 4.40. The van der Waals surface area contributed by atoms with Crippen molar-refractivity contribution in [2.75, 3.05) is 5.75 Å². The highest BCUT2D eigenvalue weighted by molar-refractivity contribution is 7.99. The molecule has 2 heterocycles. The Bertz CT molecular complexity index is 547. The molecule has 0 aliphatic rings. The van der Waals surface area contributed by atoms with Crippen LogP contribution < -0.4 is 0 Å². The minimum absolute atomic E-state index is 0.0385. The zero-order valence-electron chi connectivity index (χ0n) is 9.38. The lowest BCUT2D eigenvalue weighted by Gasteiger charge is -1.99. The van der Waals surface area contributed by atoms with E-state index in [4.69, 9.17) is 9.52 Å². The number of rotatable bonds is 4. The summed E-state index contributed by atoms with van der Waals surface area (Å²) in [7, 11) is 1.78. The Labute approximate surface area is 102 Å². The molecule has 0 bridgehead atoms. The molecule has 0 aromatic carbocycles. The van der Waals surface area contributed by atoms with Crippen LogP contribution >= 0.6 is 11.8 Å². The summed E-state index contributed by atoms with van der Waals surface area (Å²) in [4.78, 5) is 10.5. The summed E-state index contributed by atoms with van der Waals surface area (Å²) in [6, 6.07) is 3.65. The lowest BCUT2D eigenvalue weighted by molar-refractivity contribution is -0.133. The van der Waals surface area contributed by atoms with Gasteiger partial charge in [0, 0.05) is 7.05 Å². The first-order valence-corrected chi connectivity index (χ1v) is 5.87. The van der Waals surface area contributed by atoms with Gasteiger partial charge in [0.2, 0.25) is 0 Å². The molecular weight excluding hydrogens is 242 g/mol. The van der Waals surface area contributed by atoms with E-state index in [2.05, 4.69) is 10.2 Å². The normalized spacial score (nSPS) is 10.7. The number of aliphatic carboxylic acids is 1. The number of furan rings is 1. The molecule has 2 aromatic rings. The molecule has 0 aliphatic carbocycles. The van der Waals surface area contributed by atoms with Gasteiger partial charge in [-0.05, 0) is 19.1 Å². The molecule has 0 fully saturated rings. The van der Waals surface area contributed by atoms with E-state index in [1.54, 1.807) is 11.6 Å². The van der Waals surface area contributed by atoms with Crippen LogP contribution in [0, 0.1) is 6.92 Å². The van der Waals surface area contributed by atoms with Gasteiger partial charge in [-0.3, -0.25) is 4.79 Å². The second kappa shape index (κ2) is 4.62. The molecule has 0 aliphatic heterocycles. The molecule has 90 valence electrons. The second-order valence-electron chi connectivity index (χ2n) is 3.46. The van der Waals surface area contributed by atoms with E-state index in [1.165, 1.54) is 0 Å². The van der Waals surface area contributed by atoms with E-state index < -0.39 is 5.97 Å². The van der Waals surface area contributed by atoms with Gasteiger partial charge in [-0.25, -0.2) is 0 Å². The zero-order valence-corrected chi connectivity index (χ0v) is 10.2. The van der Waals surface area contributed by atoms with E-state index >= 15 is 0 Å². The van der Waals surface area contributed by atoms with Crippen molar-refractivity contribution in [3.8, 4) is 11.6 Å². The third-order valence-corrected chi connectivity index (χ3v) is 3.13. The largest absolute Gasteiger partial charge is 0.481 e. The van der Waals surface area contributed by atoms with Gasteiger partial charge in [-0.1, -0.05) is 11.8 Å². The fourth-order valence-electron chi connectivity index (χ4n) is 1.34. The molecule has 6 nitrogen and oxygen atoms in total. The Morgan fingerprint density at radius 1 is 1.53 bits per heavy atom. The van der Waals surface area contributed by atoms with Gasteiger partial charge in [-0.15, -0.1) is 10.2 Å². The predicted octanol–water partition coefficient (Wildman–Crippen LogP) is 1.56. The van der Waals surface area contributed by atoms with Gasteiger partial charge in [-0.2, -0.15) is 0 Å². The molecule has 0 spiro atoms. The molecule has 1 N–H and O–H groups in total. The van der Waals surface area contributed by atoms with Crippen molar-refractivity contribution < 1.29 is 14.3 Å². The van der Waals surface area contributed by atoms with Crippen LogP contribution in [0.2, 0.25) is 0 Å². The number of hydrogen-bond donors (Lipinski definition) is 1. The fraction of sp³-hybridized carbons (Fsp3) is 0.300. The van der Waals surface area contributed by atoms with Crippen molar-refractivity contribution in [2.24, 2.45) is 7.05 Å². The summed E-state index contributed by atoms with van der Waals surface area (Å²) in [6.07, 6.45) is 0. The summed E-state index contributed by atoms with van der Waals surface area (Å²) >= 11 is 1.13. The van der Waals surface area contributed by atoms with Crippen LogP contribution in [-0.2, 0) is 11.8 Å². The molecule has 2 rings (SSSR count). The molecule has 0 atom stereocenters. The van der Waals surface area contributed by atoms with Gasteiger partial charge in [0.05, 0.1) is 5.75 Å². The number of carbonyl (C=O) groups is 1. The number of nitrogens with zero attached hydrogens (tertiary/aromatic N) is 3. The molecule has 0 unspecified atom stereocenters. The standard InChI is InChI=1S/C10H11N3O3S/c1-6-3-4-7(16-6)9-11-12-10(13(9)2)17-5-8(14)15/h3-4H,5H2,1-2H3,(H,14,15). The SMILES string of the molecule is Cc1ccc(-c2nnc(SCC(=O)O)n2C)o1. The van der Waals surface area contributed by atoms with Crippen molar-refractivity contribution >= 4 is 17.7 Å². The third-order valence-electron chi connectivity index (χ3n) is 2.12. The molecule has 2 aromatic heterocycles. The van der Waals surface area contributed by atoms with E-state index in [0.29, 0.717) is 16.7 Å². The first-order valence-electron chi connectivity index (χ1n) is 4.88. The summed E-state index contributed by atoms with van der Waals surface area (Å²) < 4.78 is 7.15. The smallest absolute Gasteiger partial charge is 0.313 e. The Balaban J connectivity index is 2.23. The molecule has 7 heteroatoms. The van der Waals surface area contributed by atoms with Crippen molar-refractivity contribution in [3.63, 3.8) is 0 Å². The number of aromatic nitrogens is 3. The Morgan fingerprint density at radius 3 is 2.88 bits per heavy atom. The monoisotopic (exact) mass is 253 g/mol. The Kier molecular flexibility index (Phi) is 3.19. The maximum atomic E-state index is 10.5. The van der Waals surface area contributed by atoms with Crippen molar-refractivity contribution in [3.05, 3.63) is 17.9 Å². The van der Waals surface area contributed by atoms with Crippen molar-refractivity contribution in [1.82, 2.24) is 14.8 Å². The van der Waals surface area contributed by atoms with E-state index in [9.17, 15) is 4.79 Å². The topological polar surface area (TPSA) is 81.1 Å². The maximum Gasteiger partial charge on any atom is 0.313 e. The van der Waals surface area contributed by atoms with Gasteiger partial charge in [0.1, 0.15) is 5.76 Å². The van der Waals surface area contributed by atoms with Crippen LogP contribution in [0.5, 0.6) is 0 Å². The number of carboxylic acids is 1. The summed E-state index contributed by atoms with van der Waals surface area (Å²) in [5.41, 5.74) is 0. The van der Waals surface area contributed by atoms with Crippen LogP contribution in [-0.4, -0.2) is 31.6 Å². The lowest BCUT2D eigenvalue weighted by atomic mass is 10.4. The summed E-state index contributed by atoms with van der Waals surface area (Å²) in [5, 5.41) is 17.1. The summed E-state index contributed by atoms with van der Waals surface area (Å²) in [6.45, 7) is 1.85. The zero-order chi connectivity index (χ0) is 12.4. The molecular formula is C10H11N3O3S. The minimum Gasteiger partial charge on any atom is -0.481 e. The maximum absolute atomic E-state index is 10.5. The number of thioether (sulfide) groups is 1. The fourth-order valence-corrected chi connectivity index (χ4v) is 1.97. The number of carboxylic acid groups (broad SMARTS) is 1. The van der Waals surface area contributed by atoms with Crippen LogP contribution in [0.15, 0.2) is 21.7 Å². The van der Waals surface area contributed by atoms with Crippen molar-refractivity contribution in [1.29, 1.82) is 0 Å². The minimum atomic E-state index is -0.881. The lowest BCUT2D eigenvalue weighted by Crippen LogP contribution is -2.00. The number of aryl methyl sites for hydroxylation is 1. The van der Waals surface area contributed by atoms with Crippen molar-refractivity contribution in [2.45, 2.75) is 12.1 Å². The van der Waals surface area contributed by atoms with Gasteiger partial charge < -0.3 is 14.1 Å². The molecule has 17 heavy (non-hydrogen) atoms. The quantitative estimate of drug-likeness (QED) is 0.833. The van der Waals surface area contributed by atoms with Crippen LogP contribution in [0.3, 0.4) is 0 Å². The third kappa shape index (κ3) is 2.50. The first kappa shape index (κ1) is 11.7.